The van der Waals surface area contributed by atoms with E-state index in [4.69, 9.17) is 0 Å². The van der Waals surface area contributed by atoms with E-state index in [-0.39, 0.29) is 11.6 Å². The third-order valence-corrected chi connectivity index (χ3v) is 1.18. The molecule has 0 nitrogen and oxygen atoms in total. The van der Waals surface area contributed by atoms with Gasteiger partial charge in [-0.05, 0) is 19.1 Å². The smallest absolute Gasteiger partial charge is 0.167 e. The fraction of sp³-hybridized carbons (Fsp3) is 0.333. The Morgan fingerprint density at radius 3 is 1.80 bits per heavy atom. The first-order valence-corrected chi connectivity index (χ1v) is 3.73. The first-order chi connectivity index (χ1) is 6.52. The summed E-state index contributed by atoms with van der Waals surface area (Å²) in [4.78, 5) is 0. The number of hydrogen-bond donors (Lipinski definition) is 0. The summed E-state index contributed by atoms with van der Waals surface area (Å²) in [6.07, 6.45) is -9.52. The molecule has 0 saturated heterocycles. The van der Waals surface area contributed by atoms with E-state index < -0.39 is 24.0 Å². The maximum absolute atomic E-state index is 12.1. The molecule has 0 aliphatic rings. The molecule has 0 fully saturated rings. The first-order valence-electron chi connectivity index (χ1n) is 3.73. The second kappa shape index (κ2) is 4.55. The largest absolute Gasteiger partial charge is 0.416 e. The highest BCUT2D eigenvalue weighted by molar-refractivity contribution is 5.31. The van der Waals surface area contributed by atoms with Crippen molar-refractivity contribution in [1.29, 1.82) is 0 Å². The van der Waals surface area contributed by atoms with Crippen LogP contribution in [0.2, 0.25) is 0 Å². The SMILES string of the molecule is C=C(C)/C=C(\C=C\C(F)(F)F)C(F)(F)F. The van der Waals surface area contributed by atoms with Crippen molar-refractivity contribution in [3.05, 3.63) is 36.0 Å². The van der Waals surface area contributed by atoms with Crippen molar-refractivity contribution < 1.29 is 26.3 Å². The molecule has 0 heterocycles. The maximum Gasteiger partial charge on any atom is 0.416 e. The normalized spacial score (nSPS) is 14.7. The van der Waals surface area contributed by atoms with Gasteiger partial charge < -0.3 is 0 Å². The summed E-state index contributed by atoms with van der Waals surface area (Å²) in [5, 5.41) is 0. The molecule has 86 valence electrons. The van der Waals surface area contributed by atoms with E-state index in [1.54, 1.807) is 0 Å². The lowest BCUT2D eigenvalue weighted by Gasteiger charge is -2.08. The van der Waals surface area contributed by atoms with Crippen molar-refractivity contribution in [1.82, 2.24) is 0 Å². The third kappa shape index (κ3) is 6.82. The van der Waals surface area contributed by atoms with Crippen LogP contribution in [0.4, 0.5) is 26.3 Å². The van der Waals surface area contributed by atoms with Crippen LogP contribution < -0.4 is 0 Å². The highest BCUT2D eigenvalue weighted by atomic mass is 19.4. The second-order valence-corrected chi connectivity index (χ2v) is 2.82. The van der Waals surface area contributed by atoms with Crippen LogP contribution in [0.5, 0.6) is 0 Å². The maximum atomic E-state index is 12.1. The number of hydrogen-bond acceptors (Lipinski definition) is 0. The van der Waals surface area contributed by atoms with Gasteiger partial charge in [0.2, 0.25) is 0 Å². The van der Waals surface area contributed by atoms with E-state index >= 15 is 0 Å². The molecule has 0 spiro atoms. The molecule has 0 radical (unpaired) electrons. The number of alkyl halides is 6. The van der Waals surface area contributed by atoms with Gasteiger partial charge in [0, 0.05) is 6.08 Å². The van der Waals surface area contributed by atoms with Gasteiger partial charge in [-0.1, -0.05) is 12.2 Å². The van der Waals surface area contributed by atoms with Crippen LogP contribution in [-0.2, 0) is 0 Å². The first kappa shape index (κ1) is 13.8. The second-order valence-electron chi connectivity index (χ2n) is 2.82. The zero-order valence-electron chi connectivity index (χ0n) is 7.71. The highest BCUT2D eigenvalue weighted by Crippen LogP contribution is 2.29. The van der Waals surface area contributed by atoms with Crippen molar-refractivity contribution in [2.45, 2.75) is 19.3 Å². The van der Waals surface area contributed by atoms with Crippen LogP contribution in [0.3, 0.4) is 0 Å². The molecule has 15 heavy (non-hydrogen) atoms. The summed E-state index contributed by atoms with van der Waals surface area (Å²) < 4.78 is 71.3. The van der Waals surface area contributed by atoms with Crippen LogP contribution in [0.15, 0.2) is 36.0 Å². The molecule has 0 aromatic heterocycles. The minimum absolute atomic E-state index is 0.0192. The van der Waals surface area contributed by atoms with Gasteiger partial charge in [0.15, 0.2) is 0 Å². The minimum atomic E-state index is -4.82. The van der Waals surface area contributed by atoms with Gasteiger partial charge in [-0.25, -0.2) is 0 Å². The van der Waals surface area contributed by atoms with Gasteiger partial charge in [0.25, 0.3) is 0 Å². The summed E-state index contributed by atoms with van der Waals surface area (Å²) in [6, 6.07) is 0. The Labute approximate surface area is 82.6 Å². The Balaban J connectivity index is 5.01. The van der Waals surface area contributed by atoms with Crippen LogP contribution >= 0.6 is 0 Å². The molecule has 0 aromatic carbocycles. The number of allylic oxidation sites excluding steroid dienone is 5. The lowest BCUT2D eigenvalue weighted by Crippen LogP contribution is -2.11. The summed E-state index contributed by atoms with van der Waals surface area (Å²) in [5.74, 6) is 0. The van der Waals surface area contributed by atoms with E-state index in [1.165, 1.54) is 6.92 Å². The summed E-state index contributed by atoms with van der Waals surface area (Å²) in [6.45, 7) is 4.42. The third-order valence-electron chi connectivity index (χ3n) is 1.18. The van der Waals surface area contributed by atoms with E-state index in [1.807, 2.05) is 0 Å². The standard InChI is InChI=1S/C9H8F6/c1-6(2)5-7(9(13,14)15)3-4-8(10,11)12/h3-5H,1H2,2H3/b4-3+,7-5+. The Bertz CT molecular complexity index is 289. The molecule has 0 rings (SSSR count). The minimum Gasteiger partial charge on any atom is -0.167 e. The van der Waals surface area contributed by atoms with Crippen LogP contribution in [0.25, 0.3) is 0 Å². The van der Waals surface area contributed by atoms with Gasteiger partial charge >= 0.3 is 12.4 Å². The molecule has 0 amide bonds. The molecule has 0 aliphatic heterocycles. The number of halogens is 6. The van der Waals surface area contributed by atoms with Gasteiger partial charge in [-0.2, -0.15) is 26.3 Å². The van der Waals surface area contributed by atoms with E-state index in [2.05, 4.69) is 6.58 Å². The molecule has 0 atom stereocenters. The fourth-order valence-electron chi connectivity index (χ4n) is 0.674. The van der Waals surface area contributed by atoms with Crippen molar-refractivity contribution in [3.8, 4) is 0 Å². The molecule has 0 aliphatic carbocycles. The number of rotatable bonds is 2. The van der Waals surface area contributed by atoms with Crippen LogP contribution in [-0.4, -0.2) is 12.4 Å². The predicted octanol–water partition coefficient (Wildman–Crippen LogP) is 4.17. The Hall–Kier alpha value is -1.20. The lowest BCUT2D eigenvalue weighted by molar-refractivity contribution is -0.0902. The quantitative estimate of drug-likeness (QED) is 0.493. The van der Waals surface area contributed by atoms with Crippen molar-refractivity contribution in [2.24, 2.45) is 0 Å². The molecule has 6 heteroatoms. The predicted molar refractivity (Wildman–Crippen MR) is 44.1 cm³/mol. The molecule has 0 aromatic rings. The van der Waals surface area contributed by atoms with E-state index in [9.17, 15) is 26.3 Å². The Kier molecular flexibility index (Phi) is 4.18. The molecule has 0 N–H and O–H groups in total. The lowest BCUT2D eigenvalue weighted by atomic mass is 10.1. The molecule has 0 bridgehead atoms. The Morgan fingerprint density at radius 1 is 1.07 bits per heavy atom. The zero-order valence-corrected chi connectivity index (χ0v) is 7.71. The van der Waals surface area contributed by atoms with Gasteiger partial charge in [0.05, 0.1) is 5.57 Å². The molecular weight excluding hydrogens is 222 g/mol. The van der Waals surface area contributed by atoms with Gasteiger partial charge in [-0.3, -0.25) is 0 Å². The average Bonchev–Trinajstić information content (AvgIpc) is 1.93. The van der Waals surface area contributed by atoms with Crippen LogP contribution in [0, 0.1) is 0 Å². The fourth-order valence-corrected chi connectivity index (χ4v) is 0.674. The van der Waals surface area contributed by atoms with Gasteiger partial charge in [0.1, 0.15) is 0 Å². The topological polar surface area (TPSA) is 0 Å². The van der Waals surface area contributed by atoms with E-state index in [0.29, 0.717) is 6.08 Å². The summed E-state index contributed by atoms with van der Waals surface area (Å²) in [7, 11) is 0. The van der Waals surface area contributed by atoms with Crippen molar-refractivity contribution in [2.75, 3.05) is 0 Å². The molecule has 0 saturated carbocycles. The molecular formula is C9H8F6. The van der Waals surface area contributed by atoms with Crippen molar-refractivity contribution in [3.63, 3.8) is 0 Å². The van der Waals surface area contributed by atoms with Gasteiger partial charge in [-0.15, -0.1) is 0 Å². The molecule has 0 unspecified atom stereocenters. The zero-order chi connectivity index (χ0) is 12.3. The Morgan fingerprint density at radius 2 is 1.53 bits per heavy atom. The van der Waals surface area contributed by atoms with E-state index in [0.717, 1.165) is 0 Å². The summed E-state index contributed by atoms with van der Waals surface area (Å²) >= 11 is 0. The summed E-state index contributed by atoms with van der Waals surface area (Å²) in [5.41, 5.74) is -1.36. The van der Waals surface area contributed by atoms with Crippen LogP contribution in [0.1, 0.15) is 6.92 Å². The van der Waals surface area contributed by atoms with Crippen molar-refractivity contribution >= 4 is 0 Å². The highest BCUT2D eigenvalue weighted by Gasteiger charge is 2.33. The monoisotopic (exact) mass is 230 g/mol. The average molecular weight is 230 g/mol.